The van der Waals surface area contributed by atoms with Crippen LogP contribution in [0.5, 0.6) is 0 Å². The first kappa shape index (κ1) is 9.37. The highest BCUT2D eigenvalue weighted by Crippen LogP contribution is 2.30. The van der Waals surface area contributed by atoms with Gasteiger partial charge in [-0.15, -0.1) is 0 Å². The number of hydrogen-bond donors (Lipinski definition) is 0. The van der Waals surface area contributed by atoms with Gasteiger partial charge >= 0.3 is 0 Å². The predicted molar refractivity (Wildman–Crippen MR) is 49.2 cm³/mol. The van der Waals surface area contributed by atoms with Crippen LogP contribution in [0.1, 0.15) is 31.7 Å². The summed E-state index contributed by atoms with van der Waals surface area (Å²) in [6, 6.07) is 0.274. The first-order valence-electron chi connectivity index (χ1n) is 4.94. The van der Waals surface area contributed by atoms with Crippen molar-refractivity contribution < 1.29 is 9.18 Å². The summed E-state index contributed by atoms with van der Waals surface area (Å²) >= 11 is 0. The minimum atomic E-state index is -0.289. The number of aromatic nitrogens is 2. The monoisotopic (exact) mass is 196 g/mol. The minimum absolute atomic E-state index is 0.201. The van der Waals surface area contributed by atoms with E-state index >= 15 is 0 Å². The Morgan fingerprint density at radius 1 is 1.43 bits per heavy atom. The fourth-order valence-corrected chi connectivity index (χ4v) is 2.02. The molecule has 0 amide bonds. The van der Waals surface area contributed by atoms with Crippen molar-refractivity contribution in [3.8, 4) is 0 Å². The van der Waals surface area contributed by atoms with Crippen molar-refractivity contribution in [3.05, 3.63) is 18.2 Å². The second-order valence-corrected chi connectivity index (χ2v) is 3.84. The standard InChI is InChI=1S/C10H13FN2O/c11-9-5-12-13(6-9)10-3-1-8(7-14)2-4-10/h5-8,10H,1-4H2. The Kier molecular flexibility index (Phi) is 2.61. The van der Waals surface area contributed by atoms with Crippen LogP contribution >= 0.6 is 0 Å². The molecule has 0 bridgehead atoms. The molecule has 1 aliphatic rings. The summed E-state index contributed by atoms with van der Waals surface area (Å²) in [5, 5.41) is 3.94. The van der Waals surface area contributed by atoms with Crippen molar-refractivity contribution >= 4 is 6.29 Å². The summed E-state index contributed by atoms with van der Waals surface area (Å²) in [7, 11) is 0. The van der Waals surface area contributed by atoms with Crippen molar-refractivity contribution in [2.24, 2.45) is 5.92 Å². The first-order chi connectivity index (χ1) is 6.79. The third-order valence-corrected chi connectivity index (χ3v) is 2.88. The van der Waals surface area contributed by atoms with Gasteiger partial charge in [-0.1, -0.05) is 0 Å². The normalized spacial score (nSPS) is 27.5. The Morgan fingerprint density at radius 3 is 2.64 bits per heavy atom. The van der Waals surface area contributed by atoms with Crippen LogP contribution in [-0.2, 0) is 4.79 Å². The quantitative estimate of drug-likeness (QED) is 0.677. The van der Waals surface area contributed by atoms with Crippen molar-refractivity contribution in [3.63, 3.8) is 0 Å². The van der Waals surface area contributed by atoms with E-state index in [4.69, 9.17) is 0 Å². The number of nitrogens with zero attached hydrogens (tertiary/aromatic N) is 2. The van der Waals surface area contributed by atoms with Crippen LogP contribution in [-0.4, -0.2) is 16.1 Å². The van der Waals surface area contributed by atoms with Crippen LogP contribution in [0, 0.1) is 11.7 Å². The van der Waals surface area contributed by atoms with Crippen LogP contribution in [0.25, 0.3) is 0 Å². The maximum absolute atomic E-state index is 12.7. The van der Waals surface area contributed by atoms with Crippen molar-refractivity contribution in [1.82, 2.24) is 9.78 Å². The molecular formula is C10H13FN2O. The fraction of sp³-hybridized carbons (Fsp3) is 0.600. The van der Waals surface area contributed by atoms with Gasteiger partial charge < -0.3 is 4.79 Å². The summed E-state index contributed by atoms with van der Waals surface area (Å²) in [6.45, 7) is 0. The van der Waals surface area contributed by atoms with Gasteiger partial charge in [0.25, 0.3) is 0 Å². The largest absolute Gasteiger partial charge is 0.303 e. The molecule has 2 rings (SSSR count). The van der Waals surface area contributed by atoms with E-state index < -0.39 is 0 Å². The second kappa shape index (κ2) is 3.90. The molecule has 76 valence electrons. The second-order valence-electron chi connectivity index (χ2n) is 3.84. The molecule has 0 saturated heterocycles. The van der Waals surface area contributed by atoms with Crippen molar-refractivity contribution in [2.45, 2.75) is 31.7 Å². The molecule has 0 N–H and O–H groups in total. The number of rotatable bonds is 2. The number of halogens is 1. The van der Waals surface area contributed by atoms with E-state index in [9.17, 15) is 9.18 Å². The van der Waals surface area contributed by atoms with E-state index in [1.165, 1.54) is 12.4 Å². The van der Waals surface area contributed by atoms with Crippen LogP contribution < -0.4 is 0 Å². The average Bonchev–Trinajstić information content (AvgIpc) is 2.65. The molecule has 1 saturated carbocycles. The van der Waals surface area contributed by atoms with E-state index in [2.05, 4.69) is 5.10 Å². The third-order valence-electron chi connectivity index (χ3n) is 2.88. The van der Waals surface area contributed by atoms with Crippen molar-refractivity contribution in [1.29, 1.82) is 0 Å². The topological polar surface area (TPSA) is 34.9 Å². The maximum atomic E-state index is 12.7. The molecule has 1 heterocycles. The van der Waals surface area contributed by atoms with Crippen LogP contribution in [0.4, 0.5) is 4.39 Å². The SMILES string of the molecule is O=CC1CCC(n2cc(F)cn2)CC1. The van der Waals surface area contributed by atoms with Crippen molar-refractivity contribution in [2.75, 3.05) is 0 Å². The molecule has 3 nitrogen and oxygen atoms in total. The van der Waals surface area contributed by atoms with Gasteiger partial charge in [0.15, 0.2) is 5.82 Å². The smallest absolute Gasteiger partial charge is 0.161 e. The number of hydrogen-bond acceptors (Lipinski definition) is 2. The van der Waals surface area contributed by atoms with E-state index in [1.54, 1.807) is 4.68 Å². The molecule has 0 atom stereocenters. The molecule has 0 radical (unpaired) electrons. The van der Waals surface area contributed by atoms with Gasteiger partial charge in [-0.2, -0.15) is 5.10 Å². The molecule has 1 aromatic heterocycles. The molecule has 0 spiro atoms. The number of carbonyl (C=O) groups is 1. The first-order valence-corrected chi connectivity index (χ1v) is 4.94. The van der Waals surface area contributed by atoms with E-state index in [0.29, 0.717) is 0 Å². The van der Waals surface area contributed by atoms with Gasteiger partial charge in [0.2, 0.25) is 0 Å². The molecular weight excluding hydrogens is 183 g/mol. The summed E-state index contributed by atoms with van der Waals surface area (Å²) in [4.78, 5) is 10.5. The zero-order valence-electron chi connectivity index (χ0n) is 7.90. The Hall–Kier alpha value is -1.19. The van der Waals surface area contributed by atoms with Gasteiger partial charge in [-0.05, 0) is 25.7 Å². The zero-order chi connectivity index (χ0) is 9.97. The van der Waals surface area contributed by atoms with Gasteiger partial charge in [0.1, 0.15) is 6.29 Å². The molecule has 1 aromatic rings. The predicted octanol–water partition coefficient (Wildman–Crippen LogP) is 1.95. The van der Waals surface area contributed by atoms with Gasteiger partial charge in [0, 0.05) is 5.92 Å². The van der Waals surface area contributed by atoms with Crippen LogP contribution in [0.15, 0.2) is 12.4 Å². The Balaban J connectivity index is 1.98. The number of carbonyl (C=O) groups excluding carboxylic acids is 1. The molecule has 0 aromatic carbocycles. The molecule has 1 fully saturated rings. The minimum Gasteiger partial charge on any atom is -0.303 e. The van der Waals surface area contributed by atoms with Crippen LogP contribution in [0.2, 0.25) is 0 Å². The lowest BCUT2D eigenvalue weighted by molar-refractivity contribution is -0.112. The Morgan fingerprint density at radius 2 is 2.14 bits per heavy atom. The summed E-state index contributed by atoms with van der Waals surface area (Å²) in [5.74, 6) is -0.0887. The van der Waals surface area contributed by atoms with E-state index in [1.807, 2.05) is 0 Å². The van der Waals surface area contributed by atoms with E-state index in [0.717, 1.165) is 32.0 Å². The van der Waals surface area contributed by atoms with Gasteiger partial charge in [0.05, 0.1) is 18.4 Å². The molecule has 1 aliphatic carbocycles. The highest BCUT2D eigenvalue weighted by molar-refractivity contribution is 5.53. The maximum Gasteiger partial charge on any atom is 0.161 e. The lowest BCUT2D eigenvalue weighted by atomic mass is 9.87. The van der Waals surface area contributed by atoms with E-state index in [-0.39, 0.29) is 17.8 Å². The molecule has 0 unspecified atom stereocenters. The Bertz CT molecular complexity index is 316. The van der Waals surface area contributed by atoms with Crippen LogP contribution in [0.3, 0.4) is 0 Å². The third kappa shape index (κ3) is 1.84. The molecule has 14 heavy (non-hydrogen) atoms. The zero-order valence-corrected chi connectivity index (χ0v) is 7.90. The highest BCUT2D eigenvalue weighted by Gasteiger charge is 2.22. The van der Waals surface area contributed by atoms with Gasteiger partial charge in [-0.25, -0.2) is 4.39 Å². The lowest BCUT2D eigenvalue weighted by Crippen LogP contribution is -2.19. The number of aldehydes is 1. The summed E-state index contributed by atoms with van der Waals surface area (Å²) < 4.78 is 14.4. The van der Waals surface area contributed by atoms with Gasteiger partial charge in [-0.3, -0.25) is 4.68 Å². The summed E-state index contributed by atoms with van der Waals surface area (Å²) in [5.41, 5.74) is 0. The lowest BCUT2D eigenvalue weighted by Gasteiger charge is -2.25. The Labute approximate surface area is 81.9 Å². The highest BCUT2D eigenvalue weighted by atomic mass is 19.1. The average molecular weight is 196 g/mol. The molecule has 0 aliphatic heterocycles. The molecule has 4 heteroatoms. The summed E-state index contributed by atoms with van der Waals surface area (Å²) in [6.07, 6.45) is 7.32. The fourth-order valence-electron chi connectivity index (χ4n) is 2.02.